The van der Waals surface area contributed by atoms with Gasteiger partial charge in [0.05, 0.1) is 6.54 Å². The van der Waals surface area contributed by atoms with Gasteiger partial charge in [-0.15, -0.1) is 0 Å². The van der Waals surface area contributed by atoms with Crippen molar-refractivity contribution in [3.8, 4) is 5.88 Å². The van der Waals surface area contributed by atoms with Gasteiger partial charge in [-0.25, -0.2) is 15.0 Å². The number of aliphatic imine (C=N–C) groups is 1. The van der Waals surface area contributed by atoms with Crippen molar-refractivity contribution in [2.24, 2.45) is 10.9 Å². The van der Waals surface area contributed by atoms with Gasteiger partial charge in [0, 0.05) is 29.3 Å². The van der Waals surface area contributed by atoms with Crippen LogP contribution >= 0.6 is 0 Å². The predicted octanol–water partition coefficient (Wildman–Crippen LogP) is 3.13. The van der Waals surface area contributed by atoms with Crippen LogP contribution in [0.2, 0.25) is 0 Å². The highest BCUT2D eigenvalue weighted by Crippen LogP contribution is 2.38. The number of hydrogen-bond acceptors (Lipinski definition) is 5. The Kier molecular flexibility index (Phi) is 2.58. The zero-order valence-electron chi connectivity index (χ0n) is 13.7. The van der Waals surface area contributed by atoms with Crippen LogP contribution in [0, 0.1) is 5.92 Å². The summed E-state index contributed by atoms with van der Waals surface area (Å²) in [7, 11) is 0. The van der Waals surface area contributed by atoms with Gasteiger partial charge in [0.25, 0.3) is 0 Å². The second-order valence-electron chi connectivity index (χ2n) is 6.97. The summed E-state index contributed by atoms with van der Waals surface area (Å²) in [6.07, 6.45) is 6.46. The average molecular weight is 331 g/mol. The lowest BCUT2D eigenvalue weighted by Crippen LogP contribution is -2.35. The molecule has 0 unspecified atom stereocenters. The van der Waals surface area contributed by atoms with Crippen LogP contribution in [-0.2, 0) is 6.54 Å². The largest absolute Gasteiger partial charge is 0.475 e. The smallest absolute Gasteiger partial charge is 0.230 e. The minimum Gasteiger partial charge on any atom is -0.475 e. The van der Waals surface area contributed by atoms with E-state index in [1.807, 2.05) is 0 Å². The highest BCUT2D eigenvalue weighted by molar-refractivity contribution is 6.20. The molecule has 0 N–H and O–H groups in total. The third-order valence-corrected chi connectivity index (χ3v) is 5.26. The molecule has 6 nitrogen and oxygen atoms in total. The summed E-state index contributed by atoms with van der Waals surface area (Å²) in [6, 6.07) is 8.86. The van der Waals surface area contributed by atoms with E-state index in [1.54, 1.807) is 0 Å². The molecule has 1 saturated carbocycles. The van der Waals surface area contributed by atoms with Crippen LogP contribution in [0.15, 0.2) is 41.8 Å². The van der Waals surface area contributed by atoms with E-state index in [0.717, 1.165) is 41.9 Å². The molecule has 2 aromatic heterocycles. The van der Waals surface area contributed by atoms with Gasteiger partial charge < -0.3 is 14.2 Å². The fourth-order valence-electron chi connectivity index (χ4n) is 3.73. The number of benzene rings is 1. The zero-order chi connectivity index (χ0) is 16.4. The molecule has 3 aliphatic rings. The Morgan fingerprint density at radius 1 is 1.16 bits per heavy atom. The van der Waals surface area contributed by atoms with Crippen LogP contribution in [0.5, 0.6) is 5.88 Å². The van der Waals surface area contributed by atoms with Crippen molar-refractivity contribution in [2.45, 2.75) is 19.4 Å². The van der Waals surface area contributed by atoms with Crippen molar-refractivity contribution in [3.05, 3.63) is 42.4 Å². The maximum atomic E-state index is 5.78. The molecule has 1 aromatic carbocycles. The minimum atomic E-state index is 0.587. The van der Waals surface area contributed by atoms with Crippen LogP contribution in [0.1, 0.15) is 18.4 Å². The molecule has 2 aliphatic heterocycles. The van der Waals surface area contributed by atoms with Crippen molar-refractivity contribution < 1.29 is 4.74 Å². The van der Waals surface area contributed by atoms with E-state index in [0.29, 0.717) is 12.5 Å². The summed E-state index contributed by atoms with van der Waals surface area (Å²) < 4.78 is 8.16. The molecule has 6 rings (SSSR count). The molecule has 124 valence electrons. The summed E-state index contributed by atoms with van der Waals surface area (Å²) in [5.41, 5.74) is 3.38. The van der Waals surface area contributed by atoms with Crippen LogP contribution in [0.3, 0.4) is 0 Å². The molecule has 25 heavy (non-hydrogen) atoms. The standard InChI is InChI=1S/C19H17N5O/c1-2-12(1)10-23-6-5-13-9-14(3-4-15(13)23)24-7-8-25-19-16-17(20-11-21-19)22-18(16)24/h3-6,9,11-12H,1-2,7-8,10H2. The number of nitrogens with zero attached hydrogens (tertiary/aromatic N) is 5. The Hall–Kier alpha value is -2.89. The molecule has 0 amide bonds. The zero-order valence-corrected chi connectivity index (χ0v) is 13.7. The Bertz CT molecular complexity index is 1030. The van der Waals surface area contributed by atoms with Gasteiger partial charge in [0.2, 0.25) is 5.88 Å². The number of aromatic nitrogens is 3. The first-order chi connectivity index (χ1) is 12.4. The molecular weight excluding hydrogens is 314 g/mol. The van der Waals surface area contributed by atoms with Crippen LogP contribution < -0.4 is 9.64 Å². The molecule has 3 aromatic rings. The molecule has 0 bridgehead atoms. The Morgan fingerprint density at radius 2 is 2.12 bits per heavy atom. The summed E-state index contributed by atoms with van der Waals surface area (Å²) >= 11 is 0. The van der Waals surface area contributed by atoms with Crippen molar-refractivity contribution >= 4 is 28.2 Å². The Morgan fingerprint density at radius 3 is 3.04 bits per heavy atom. The number of fused-ring (bicyclic) bond motifs is 1. The molecule has 6 heteroatoms. The number of rotatable bonds is 3. The summed E-state index contributed by atoms with van der Waals surface area (Å²) in [5.74, 6) is 3.16. The van der Waals surface area contributed by atoms with Crippen LogP contribution in [0.4, 0.5) is 11.5 Å². The Labute approximate surface area is 144 Å². The third kappa shape index (κ3) is 2.00. The lowest BCUT2D eigenvalue weighted by Gasteiger charge is -2.28. The van der Waals surface area contributed by atoms with E-state index in [9.17, 15) is 0 Å². The molecule has 4 heterocycles. The van der Waals surface area contributed by atoms with Crippen LogP contribution in [0.25, 0.3) is 10.9 Å². The fourth-order valence-corrected chi connectivity index (χ4v) is 3.73. The Balaban J connectivity index is 1.39. The van der Waals surface area contributed by atoms with Gasteiger partial charge >= 0.3 is 0 Å². The maximum Gasteiger partial charge on any atom is 0.230 e. The fraction of sp³-hybridized carbons (Fsp3) is 0.316. The number of amidine groups is 1. The van der Waals surface area contributed by atoms with Crippen molar-refractivity contribution in [3.63, 3.8) is 0 Å². The summed E-state index contributed by atoms with van der Waals surface area (Å²) in [6.45, 7) is 2.48. The number of anilines is 1. The van der Waals surface area contributed by atoms with Crippen LogP contribution in [-0.4, -0.2) is 33.5 Å². The second kappa shape index (κ2) is 4.81. The number of ether oxygens (including phenoxy) is 1. The van der Waals surface area contributed by atoms with Crippen molar-refractivity contribution in [1.82, 2.24) is 14.5 Å². The van der Waals surface area contributed by atoms with Gasteiger partial charge in [-0.2, -0.15) is 0 Å². The highest BCUT2D eigenvalue weighted by atomic mass is 16.5. The van der Waals surface area contributed by atoms with Gasteiger partial charge in [0.1, 0.15) is 18.5 Å². The van der Waals surface area contributed by atoms with E-state index in [4.69, 9.17) is 4.74 Å². The molecule has 0 saturated heterocycles. The van der Waals surface area contributed by atoms with E-state index in [2.05, 4.69) is 54.9 Å². The molecular formula is C19H17N5O. The van der Waals surface area contributed by atoms with Gasteiger partial charge in [-0.3, -0.25) is 0 Å². The molecule has 0 radical (unpaired) electrons. The first-order valence-corrected chi connectivity index (χ1v) is 8.80. The highest BCUT2D eigenvalue weighted by Gasteiger charge is 2.33. The van der Waals surface area contributed by atoms with Crippen molar-refractivity contribution in [2.75, 3.05) is 18.1 Å². The van der Waals surface area contributed by atoms with Gasteiger partial charge in [0.15, 0.2) is 11.7 Å². The number of hydrogen-bond donors (Lipinski definition) is 0. The van der Waals surface area contributed by atoms with E-state index in [-0.39, 0.29) is 0 Å². The molecule has 1 fully saturated rings. The minimum absolute atomic E-state index is 0.587. The monoisotopic (exact) mass is 331 g/mol. The lowest BCUT2D eigenvalue weighted by atomic mass is 10.1. The van der Waals surface area contributed by atoms with E-state index < -0.39 is 0 Å². The SMILES string of the molecule is c1nc2c3c(n1)OCCN(c1ccc4c(ccn4CC4CC4)c1)C3=N2. The van der Waals surface area contributed by atoms with E-state index in [1.165, 1.54) is 30.1 Å². The molecule has 0 atom stereocenters. The topological polar surface area (TPSA) is 55.5 Å². The average Bonchev–Trinajstić information content (AvgIpc) is 3.36. The lowest BCUT2D eigenvalue weighted by molar-refractivity contribution is 0.319. The molecule has 1 aliphatic carbocycles. The first-order valence-electron chi connectivity index (χ1n) is 8.80. The molecule has 0 spiro atoms. The first kappa shape index (κ1) is 13.4. The second-order valence-corrected chi connectivity index (χ2v) is 6.97. The van der Waals surface area contributed by atoms with E-state index >= 15 is 0 Å². The van der Waals surface area contributed by atoms with Gasteiger partial charge in [-0.05, 0) is 43.0 Å². The normalized spacial score (nSPS) is 18.2. The predicted molar refractivity (Wildman–Crippen MR) is 95.7 cm³/mol. The summed E-state index contributed by atoms with van der Waals surface area (Å²) in [5, 5.41) is 1.27. The van der Waals surface area contributed by atoms with Crippen molar-refractivity contribution in [1.29, 1.82) is 0 Å². The summed E-state index contributed by atoms with van der Waals surface area (Å²) in [4.78, 5) is 15.2. The maximum absolute atomic E-state index is 5.78. The third-order valence-electron chi connectivity index (χ3n) is 5.26. The quantitative estimate of drug-likeness (QED) is 0.740. The van der Waals surface area contributed by atoms with Gasteiger partial charge in [-0.1, -0.05) is 0 Å².